The molecule has 5 nitrogen and oxygen atoms in total. The first kappa shape index (κ1) is 17.6. The second-order valence-corrected chi connectivity index (χ2v) is 6.15. The Morgan fingerprint density at radius 1 is 1.04 bits per heavy atom. The molecule has 0 aliphatic carbocycles. The average Bonchev–Trinajstić information content (AvgIpc) is 2.63. The summed E-state index contributed by atoms with van der Waals surface area (Å²) in [6.07, 6.45) is 1.62. The Kier molecular flexibility index (Phi) is 5.27. The van der Waals surface area contributed by atoms with Crippen molar-refractivity contribution in [1.29, 1.82) is 0 Å². The third-order valence-electron chi connectivity index (χ3n) is 3.98. The maximum atomic E-state index is 12.6. The molecule has 0 saturated heterocycles. The van der Waals surface area contributed by atoms with Crippen LogP contribution in [-0.2, 0) is 0 Å². The van der Waals surface area contributed by atoms with E-state index in [1.165, 1.54) is 0 Å². The molecule has 0 atom stereocenters. The van der Waals surface area contributed by atoms with E-state index in [9.17, 15) is 4.79 Å². The summed E-state index contributed by atoms with van der Waals surface area (Å²) in [5.74, 6) is 0.259. The maximum absolute atomic E-state index is 12.6. The molecule has 1 aromatic heterocycles. The van der Waals surface area contributed by atoms with Gasteiger partial charge < -0.3 is 10.2 Å². The number of amides is 1. The van der Waals surface area contributed by atoms with Gasteiger partial charge in [-0.25, -0.2) is 9.97 Å². The Balaban J connectivity index is 1.85. The van der Waals surface area contributed by atoms with E-state index in [0.717, 1.165) is 22.5 Å². The lowest BCUT2D eigenvalue weighted by Gasteiger charge is -2.21. The SMILES string of the molecule is CCN(c1ccccc1)c1nccc(C(=O)Nc2cc(C)cc(C)c2)n1. The highest BCUT2D eigenvalue weighted by Gasteiger charge is 2.14. The van der Waals surface area contributed by atoms with Gasteiger partial charge in [0.25, 0.3) is 5.91 Å². The Hall–Kier alpha value is -3.21. The van der Waals surface area contributed by atoms with E-state index in [0.29, 0.717) is 18.2 Å². The van der Waals surface area contributed by atoms with Gasteiger partial charge in [0.15, 0.2) is 0 Å². The Morgan fingerprint density at radius 3 is 2.38 bits per heavy atom. The molecule has 132 valence electrons. The van der Waals surface area contributed by atoms with Crippen molar-refractivity contribution < 1.29 is 4.79 Å². The van der Waals surface area contributed by atoms with Crippen molar-refractivity contribution >= 4 is 23.2 Å². The molecule has 0 unspecified atom stereocenters. The number of aryl methyl sites for hydroxylation is 2. The number of benzene rings is 2. The zero-order valence-corrected chi connectivity index (χ0v) is 15.2. The number of para-hydroxylation sites is 1. The first-order valence-corrected chi connectivity index (χ1v) is 8.62. The fourth-order valence-electron chi connectivity index (χ4n) is 2.89. The van der Waals surface area contributed by atoms with Crippen LogP contribution in [0.2, 0.25) is 0 Å². The van der Waals surface area contributed by atoms with Crippen molar-refractivity contribution in [2.45, 2.75) is 20.8 Å². The van der Waals surface area contributed by atoms with E-state index in [2.05, 4.69) is 21.4 Å². The number of hydrogen-bond acceptors (Lipinski definition) is 4. The van der Waals surface area contributed by atoms with Gasteiger partial charge in [-0.15, -0.1) is 0 Å². The van der Waals surface area contributed by atoms with Gasteiger partial charge in [0.2, 0.25) is 5.95 Å². The van der Waals surface area contributed by atoms with E-state index < -0.39 is 0 Å². The zero-order chi connectivity index (χ0) is 18.5. The number of hydrogen-bond donors (Lipinski definition) is 1. The second kappa shape index (κ2) is 7.78. The first-order valence-electron chi connectivity index (χ1n) is 8.62. The van der Waals surface area contributed by atoms with Crippen LogP contribution in [-0.4, -0.2) is 22.4 Å². The maximum Gasteiger partial charge on any atom is 0.274 e. The summed E-state index contributed by atoms with van der Waals surface area (Å²) >= 11 is 0. The molecule has 0 bridgehead atoms. The van der Waals surface area contributed by atoms with Crippen LogP contribution < -0.4 is 10.2 Å². The molecular weight excluding hydrogens is 324 g/mol. The summed E-state index contributed by atoms with van der Waals surface area (Å²) in [5, 5.41) is 2.92. The molecule has 3 rings (SSSR count). The smallest absolute Gasteiger partial charge is 0.274 e. The highest BCUT2D eigenvalue weighted by atomic mass is 16.1. The summed E-state index contributed by atoms with van der Waals surface area (Å²) in [5.41, 5.74) is 4.29. The molecule has 26 heavy (non-hydrogen) atoms. The second-order valence-electron chi connectivity index (χ2n) is 6.15. The standard InChI is InChI=1S/C21H22N4O/c1-4-25(18-8-6-5-7-9-18)21-22-11-10-19(24-21)20(26)23-17-13-15(2)12-16(3)14-17/h5-14H,4H2,1-3H3,(H,23,26). The van der Waals surface area contributed by atoms with Crippen molar-refractivity contribution in [2.75, 3.05) is 16.8 Å². The minimum atomic E-state index is -0.247. The minimum Gasteiger partial charge on any atom is -0.321 e. The fourth-order valence-corrected chi connectivity index (χ4v) is 2.89. The molecule has 0 spiro atoms. The third kappa shape index (κ3) is 4.06. The highest BCUT2D eigenvalue weighted by Crippen LogP contribution is 2.21. The number of aromatic nitrogens is 2. The molecule has 0 radical (unpaired) electrons. The topological polar surface area (TPSA) is 58.1 Å². The predicted molar refractivity (Wildman–Crippen MR) is 105 cm³/mol. The van der Waals surface area contributed by atoms with Crippen LogP contribution in [0, 0.1) is 13.8 Å². The van der Waals surface area contributed by atoms with Crippen LogP contribution in [0.4, 0.5) is 17.3 Å². The van der Waals surface area contributed by atoms with Gasteiger partial charge in [-0.3, -0.25) is 4.79 Å². The lowest BCUT2D eigenvalue weighted by atomic mass is 10.1. The number of carbonyl (C=O) groups excluding carboxylic acids is 1. The molecule has 0 saturated carbocycles. The molecule has 2 aromatic carbocycles. The number of carbonyl (C=O) groups is 1. The molecule has 1 N–H and O–H groups in total. The quantitative estimate of drug-likeness (QED) is 0.739. The van der Waals surface area contributed by atoms with Crippen molar-refractivity contribution in [3.63, 3.8) is 0 Å². The van der Waals surface area contributed by atoms with Gasteiger partial charge >= 0.3 is 0 Å². The van der Waals surface area contributed by atoms with Gasteiger partial charge in [-0.05, 0) is 62.2 Å². The molecule has 0 aliphatic rings. The van der Waals surface area contributed by atoms with Crippen LogP contribution in [0.1, 0.15) is 28.5 Å². The number of nitrogens with zero attached hydrogens (tertiary/aromatic N) is 3. The van der Waals surface area contributed by atoms with Crippen molar-refractivity contribution in [3.05, 3.63) is 77.6 Å². The van der Waals surface area contributed by atoms with Gasteiger partial charge in [0.1, 0.15) is 5.69 Å². The van der Waals surface area contributed by atoms with Crippen LogP contribution in [0.5, 0.6) is 0 Å². The normalized spacial score (nSPS) is 10.4. The van der Waals surface area contributed by atoms with Crippen LogP contribution in [0.15, 0.2) is 60.8 Å². The molecule has 5 heteroatoms. The van der Waals surface area contributed by atoms with Crippen LogP contribution in [0.25, 0.3) is 0 Å². The van der Waals surface area contributed by atoms with Crippen LogP contribution >= 0.6 is 0 Å². The highest BCUT2D eigenvalue weighted by molar-refractivity contribution is 6.03. The van der Waals surface area contributed by atoms with Gasteiger partial charge in [-0.2, -0.15) is 0 Å². The Labute approximate surface area is 153 Å². The largest absolute Gasteiger partial charge is 0.321 e. The van der Waals surface area contributed by atoms with Crippen molar-refractivity contribution in [3.8, 4) is 0 Å². The Bertz CT molecular complexity index is 889. The lowest BCUT2D eigenvalue weighted by molar-refractivity contribution is 0.102. The van der Waals surface area contributed by atoms with Crippen molar-refractivity contribution in [2.24, 2.45) is 0 Å². The molecule has 1 heterocycles. The molecule has 0 aliphatic heterocycles. The first-order chi connectivity index (χ1) is 12.6. The molecule has 3 aromatic rings. The summed E-state index contributed by atoms with van der Waals surface area (Å²) in [7, 11) is 0. The fraction of sp³-hybridized carbons (Fsp3) is 0.190. The van der Waals surface area contributed by atoms with E-state index in [1.807, 2.05) is 68.1 Å². The molecular formula is C21H22N4O. The van der Waals surface area contributed by atoms with Gasteiger partial charge in [0.05, 0.1) is 0 Å². The Morgan fingerprint density at radius 2 is 1.73 bits per heavy atom. The monoisotopic (exact) mass is 346 g/mol. The van der Waals surface area contributed by atoms with Gasteiger partial charge in [-0.1, -0.05) is 24.3 Å². The number of anilines is 3. The van der Waals surface area contributed by atoms with E-state index >= 15 is 0 Å². The van der Waals surface area contributed by atoms with E-state index in [4.69, 9.17) is 0 Å². The summed E-state index contributed by atoms with van der Waals surface area (Å²) in [6, 6.07) is 17.5. The van der Waals surface area contributed by atoms with E-state index in [1.54, 1.807) is 12.3 Å². The van der Waals surface area contributed by atoms with E-state index in [-0.39, 0.29) is 5.91 Å². The molecule has 1 amide bonds. The lowest BCUT2D eigenvalue weighted by Crippen LogP contribution is -2.21. The summed E-state index contributed by atoms with van der Waals surface area (Å²) in [4.78, 5) is 23.4. The van der Waals surface area contributed by atoms with Crippen molar-refractivity contribution in [1.82, 2.24) is 9.97 Å². The number of nitrogens with one attached hydrogen (secondary N) is 1. The zero-order valence-electron chi connectivity index (χ0n) is 15.2. The summed E-state index contributed by atoms with van der Waals surface area (Å²) in [6.45, 7) is 6.74. The number of rotatable bonds is 5. The predicted octanol–water partition coefficient (Wildman–Crippen LogP) is 4.50. The molecule has 0 fully saturated rings. The average molecular weight is 346 g/mol. The third-order valence-corrected chi connectivity index (χ3v) is 3.98. The van der Waals surface area contributed by atoms with Gasteiger partial charge in [0, 0.05) is 24.1 Å². The summed E-state index contributed by atoms with van der Waals surface area (Å²) < 4.78 is 0. The van der Waals surface area contributed by atoms with Crippen LogP contribution in [0.3, 0.4) is 0 Å². The minimum absolute atomic E-state index is 0.247.